The van der Waals surface area contributed by atoms with E-state index < -0.39 is 5.91 Å². The lowest BCUT2D eigenvalue weighted by molar-refractivity contribution is 0.100. The van der Waals surface area contributed by atoms with Gasteiger partial charge in [-0.25, -0.2) is 0 Å². The average Bonchev–Trinajstić information content (AvgIpc) is 3.11. The number of fused-ring (bicyclic) bond motifs is 1. The number of carbonyl (C=O) groups is 2. The Morgan fingerprint density at radius 2 is 1.75 bits per heavy atom. The van der Waals surface area contributed by atoms with Gasteiger partial charge in [-0.15, -0.1) is 11.3 Å². The van der Waals surface area contributed by atoms with Crippen molar-refractivity contribution >= 4 is 61.4 Å². The lowest BCUT2D eigenvalue weighted by Crippen LogP contribution is -2.24. The molecule has 0 aliphatic heterocycles. The third-order valence-corrected chi connectivity index (χ3v) is 6.93. The summed E-state index contributed by atoms with van der Waals surface area (Å²) in [5, 5.41) is 13.4. The number of phenols is 1. The molecule has 0 spiro atoms. The number of benzene rings is 2. The molecule has 2 aromatic carbocycles. The van der Waals surface area contributed by atoms with Crippen LogP contribution in [0, 0.1) is 0 Å². The number of primary amides is 1. The fourth-order valence-electron chi connectivity index (χ4n) is 3.58. The van der Waals surface area contributed by atoms with Crippen molar-refractivity contribution in [1.82, 2.24) is 4.90 Å². The maximum atomic E-state index is 12.8. The molecule has 4 N–H and O–H groups in total. The predicted octanol–water partition coefficient (Wildman–Crippen LogP) is 5.89. The molecule has 9 heteroatoms. The van der Waals surface area contributed by atoms with Gasteiger partial charge in [0.05, 0.1) is 15.3 Å². The van der Waals surface area contributed by atoms with Crippen LogP contribution in [-0.4, -0.2) is 34.9 Å². The van der Waals surface area contributed by atoms with Crippen molar-refractivity contribution in [2.75, 3.05) is 18.4 Å². The van der Waals surface area contributed by atoms with E-state index in [1.54, 1.807) is 12.1 Å². The number of aromatic hydroxyl groups is 1. The summed E-state index contributed by atoms with van der Waals surface area (Å²) in [7, 11) is 0. The van der Waals surface area contributed by atoms with Crippen LogP contribution in [0.15, 0.2) is 30.3 Å². The van der Waals surface area contributed by atoms with Crippen molar-refractivity contribution in [3.63, 3.8) is 0 Å². The smallest absolute Gasteiger partial charge is 0.256 e. The molecule has 1 aromatic heterocycles. The Labute approximate surface area is 200 Å². The normalized spacial score (nSPS) is 11.3. The van der Waals surface area contributed by atoms with Crippen molar-refractivity contribution in [1.29, 1.82) is 0 Å². The minimum absolute atomic E-state index is 0.00328. The van der Waals surface area contributed by atoms with Crippen molar-refractivity contribution in [3.05, 3.63) is 57.1 Å². The van der Waals surface area contributed by atoms with Crippen molar-refractivity contribution in [3.8, 4) is 5.75 Å². The van der Waals surface area contributed by atoms with E-state index in [1.165, 1.54) is 6.07 Å². The molecule has 0 bridgehead atoms. The molecule has 3 aromatic rings. The van der Waals surface area contributed by atoms with Gasteiger partial charge in [0.25, 0.3) is 11.8 Å². The Hall–Kier alpha value is -2.32. The fraction of sp³-hybridized carbons (Fsp3) is 0.304. The van der Waals surface area contributed by atoms with Crippen molar-refractivity contribution in [2.24, 2.45) is 5.73 Å². The molecular weight excluding hydrogens is 469 g/mol. The molecule has 1 heterocycles. The molecule has 6 nitrogen and oxygen atoms in total. The topological polar surface area (TPSA) is 95.7 Å². The zero-order valence-corrected chi connectivity index (χ0v) is 20.2. The number of anilines is 1. The molecule has 0 saturated carbocycles. The monoisotopic (exact) mass is 493 g/mol. The first-order chi connectivity index (χ1) is 15.3. The molecular formula is C23H25Cl2N3O3S. The van der Waals surface area contributed by atoms with E-state index >= 15 is 0 Å². The molecule has 170 valence electrons. The molecule has 0 fully saturated rings. The summed E-state index contributed by atoms with van der Waals surface area (Å²) in [6, 6.07) is 8.79. The highest BCUT2D eigenvalue weighted by Crippen LogP contribution is 2.46. The minimum atomic E-state index is -0.730. The molecule has 2 amide bonds. The predicted molar refractivity (Wildman–Crippen MR) is 132 cm³/mol. The van der Waals surface area contributed by atoms with Gasteiger partial charge in [-0.05, 0) is 49.7 Å². The van der Waals surface area contributed by atoms with E-state index in [2.05, 4.69) is 24.1 Å². The molecule has 0 unspecified atom stereocenters. The van der Waals surface area contributed by atoms with Gasteiger partial charge in [0.1, 0.15) is 10.0 Å². The van der Waals surface area contributed by atoms with E-state index in [4.69, 9.17) is 28.9 Å². The number of hydrogen-bond donors (Lipinski definition) is 3. The Bertz CT molecular complexity index is 1140. The average molecular weight is 494 g/mol. The zero-order chi connectivity index (χ0) is 23.4. The number of nitrogens with one attached hydrogen (secondary N) is 1. The van der Waals surface area contributed by atoms with Crippen LogP contribution in [0.25, 0.3) is 10.1 Å². The van der Waals surface area contributed by atoms with Crippen LogP contribution in [0.2, 0.25) is 10.0 Å². The summed E-state index contributed by atoms with van der Waals surface area (Å²) in [4.78, 5) is 27.3. The lowest BCUT2D eigenvalue weighted by atomic mass is 10.1. The second-order valence-corrected chi connectivity index (χ2v) is 9.30. The third kappa shape index (κ3) is 5.18. The van der Waals surface area contributed by atoms with Gasteiger partial charge in [0.15, 0.2) is 5.75 Å². The number of thiophene rings is 1. The summed E-state index contributed by atoms with van der Waals surface area (Å²) >= 11 is 13.2. The number of nitrogens with two attached hydrogens (primary N) is 1. The van der Waals surface area contributed by atoms with E-state index in [9.17, 15) is 14.7 Å². The number of rotatable bonds is 9. The second kappa shape index (κ2) is 10.5. The summed E-state index contributed by atoms with van der Waals surface area (Å²) in [6.45, 7) is 7.20. The molecule has 0 aliphatic carbocycles. The number of nitrogens with zero attached hydrogens (tertiary/aromatic N) is 1. The van der Waals surface area contributed by atoms with Crippen molar-refractivity contribution < 1.29 is 14.7 Å². The van der Waals surface area contributed by atoms with E-state index in [-0.39, 0.29) is 32.3 Å². The number of phenolic OH excluding ortho intramolecular Hbond substituents is 1. The van der Waals surface area contributed by atoms with Gasteiger partial charge in [0.2, 0.25) is 0 Å². The van der Waals surface area contributed by atoms with Crippen LogP contribution in [0.5, 0.6) is 5.75 Å². The first-order valence-corrected chi connectivity index (χ1v) is 11.9. The largest absolute Gasteiger partial charge is 0.505 e. The summed E-state index contributed by atoms with van der Waals surface area (Å²) in [5.74, 6) is -1.39. The highest BCUT2D eigenvalue weighted by molar-refractivity contribution is 7.24. The van der Waals surface area contributed by atoms with Crippen LogP contribution in [0.1, 0.15) is 53.0 Å². The van der Waals surface area contributed by atoms with E-state index in [0.717, 1.165) is 49.4 Å². The van der Waals surface area contributed by atoms with Gasteiger partial charge in [-0.2, -0.15) is 0 Å². The second-order valence-electron chi connectivity index (χ2n) is 7.50. The van der Waals surface area contributed by atoms with Gasteiger partial charge in [-0.3, -0.25) is 14.5 Å². The highest BCUT2D eigenvalue weighted by atomic mass is 35.5. The molecule has 3 rings (SSSR count). The highest BCUT2D eigenvalue weighted by Gasteiger charge is 2.23. The minimum Gasteiger partial charge on any atom is -0.505 e. The number of amides is 2. The van der Waals surface area contributed by atoms with Gasteiger partial charge in [0, 0.05) is 17.5 Å². The van der Waals surface area contributed by atoms with E-state index in [1.807, 2.05) is 12.1 Å². The standard InChI is InChI=1S/C23H25Cl2N3O3S/c1-3-9-28(10-4-2)12-13-5-7-14(8-6-13)22(31)27-23-17(21(26)30)15-11-16(24)19(29)18(25)20(15)32-23/h5-8,11,29H,3-4,9-10,12H2,1-2H3,(H2,26,30)(H,27,31). The summed E-state index contributed by atoms with van der Waals surface area (Å²) in [5.41, 5.74) is 7.24. The zero-order valence-electron chi connectivity index (χ0n) is 17.9. The Balaban J connectivity index is 1.85. The quantitative estimate of drug-likeness (QED) is 0.346. The summed E-state index contributed by atoms with van der Waals surface area (Å²) < 4.78 is 0.417. The molecule has 0 atom stereocenters. The fourth-order valence-corrected chi connectivity index (χ4v) is 5.27. The molecule has 0 aliphatic rings. The van der Waals surface area contributed by atoms with Crippen molar-refractivity contribution in [2.45, 2.75) is 33.2 Å². The summed E-state index contributed by atoms with van der Waals surface area (Å²) in [6.07, 6.45) is 2.18. The Morgan fingerprint density at radius 1 is 1.12 bits per heavy atom. The van der Waals surface area contributed by atoms with Crippen LogP contribution < -0.4 is 11.1 Å². The SMILES string of the molecule is CCCN(CCC)Cc1ccc(C(=O)Nc2sc3c(Cl)c(O)c(Cl)cc3c2C(N)=O)cc1. The number of hydrogen-bond acceptors (Lipinski definition) is 5. The van der Waals surface area contributed by atoms with Gasteiger partial charge in [-0.1, -0.05) is 49.2 Å². The first-order valence-electron chi connectivity index (χ1n) is 10.3. The van der Waals surface area contributed by atoms with Crippen LogP contribution >= 0.6 is 34.5 Å². The number of carbonyl (C=O) groups excluding carboxylic acids is 2. The molecule has 0 radical (unpaired) electrons. The van der Waals surface area contributed by atoms with Crippen LogP contribution in [0.3, 0.4) is 0 Å². The molecule has 0 saturated heterocycles. The first kappa shape index (κ1) is 24.3. The van der Waals surface area contributed by atoms with Gasteiger partial charge >= 0.3 is 0 Å². The Morgan fingerprint density at radius 3 is 2.31 bits per heavy atom. The number of halogens is 2. The van der Waals surface area contributed by atoms with E-state index in [0.29, 0.717) is 15.6 Å². The maximum absolute atomic E-state index is 12.8. The third-order valence-electron chi connectivity index (χ3n) is 5.03. The van der Waals surface area contributed by atoms with Crippen LogP contribution in [-0.2, 0) is 6.54 Å². The van der Waals surface area contributed by atoms with Crippen LogP contribution in [0.4, 0.5) is 5.00 Å². The van der Waals surface area contributed by atoms with Gasteiger partial charge < -0.3 is 16.2 Å². The Kier molecular flexibility index (Phi) is 8.00. The lowest BCUT2D eigenvalue weighted by Gasteiger charge is -2.21. The molecule has 32 heavy (non-hydrogen) atoms. The maximum Gasteiger partial charge on any atom is 0.256 e.